The van der Waals surface area contributed by atoms with Crippen molar-refractivity contribution >= 4 is 11.9 Å². The summed E-state index contributed by atoms with van der Waals surface area (Å²) in [6, 6.07) is 0.465. The summed E-state index contributed by atoms with van der Waals surface area (Å²) in [4.78, 5) is 19.7. The molecule has 90 valence electrons. The van der Waals surface area contributed by atoms with Crippen molar-refractivity contribution in [3.8, 4) is 0 Å². The zero-order valence-electron chi connectivity index (χ0n) is 9.85. The van der Waals surface area contributed by atoms with Crippen LogP contribution in [0.5, 0.6) is 0 Å². The molecule has 2 rings (SSSR count). The topological polar surface area (TPSA) is 61.9 Å². The lowest BCUT2D eigenvalue weighted by molar-refractivity contribution is -0.128. The Morgan fingerprint density at radius 3 is 2.44 bits per heavy atom. The van der Waals surface area contributed by atoms with Gasteiger partial charge < -0.3 is 15.5 Å². The molecule has 2 aliphatic rings. The zero-order valence-corrected chi connectivity index (χ0v) is 9.85. The third-order valence-electron chi connectivity index (χ3n) is 3.13. The number of guanidine groups is 1. The number of hydrogen-bond donors (Lipinski definition) is 1. The van der Waals surface area contributed by atoms with E-state index in [4.69, 9.17) is 5.73 Å². The monoisotopic (exact) mass is 224 g/mol. The highest BCUT2D eigenvalue weighted by Gasteiger charge is 2.23. The van der Waals surface area contributed by atoms with Gasteiger partial charge in [0.15, 0.2) is 5.96 Å². The summed E-state index contributed by atoms with van der Waals surface area (Å²) in [6.45, 7) is 4.93. The van der Waals surface area contributed by atoms with Gasteiger partial charge in [0, 0.05) is 33.1 Å². The Morgan fingerprint density at radius 2 is 1.81 bits per heavy atom. The first-order valence-corrected chi connectivity index (χ1v) is 6.00. The summed E-state index contributed by atoms with van der Waals surface area (Å²) in [5.41, 5.74) is 5.95. The maximum Gasteiger partial charge on any atom is 0.219 e. The molecule has 0 bridgehead atoms. The van der Waals surface area contributed by atoms with Crippen LogP contribution in [0.15, 0.2) is 4.99 Å². The molecule has 2 fully saturated rings. The summed E-state index contributed by atoms with van der Waals surface area (Å²) in [5, 5.41) is 0. The van der Waals surface area contributed by atoms with Crippen molar-refractivity contribution < 1.29 is 4.79 Å². The molecule has 1 amide bonds. The summed E-state index contributed by atoms with van der Waals surface area (Å²) in [6.07, 6.45) is 3.32. The molecule has 1 heterocycles. The third-order valence-corrected chi connectivity index (χ3v) is 3.13. The van der Waals surface area contributed by atoms with Gasteiger partial charge in [-0.1, -0.05) is 0 Å². The average Bonchev–Trinajstić information content (AvgIpc) is 3.01. The fraction of sp³-hybridized carbons (Fsp3) is 0.818. The van der Waals surface area contributed by atoms with Crippen LogP contribution >= 0.6 is 0 Å². The smallest absolute Gasteiger partial charge is 0.219 e. The van der Waals surface area contributed by atoms with E-state index < -0.39 is 0 Å². The van der Waals surface area contributed by atoms with Crippen LogP contribution in [0.1, 0.15) is 26.2 Å². The van der Waals surface area contributed by atoms with Gasteiger partial charge in [0.2, 0.25) is 5.91 Å². The van der Waals surface area contributed by atoms with Crippen LogP contribution in [0.25, 0.3) is 0 Å². The molecule has 0 aromatic carbocycles. The average molecular weight is 224 g/mol. The van der Waals surface area contributed by atoms with Crippen LogP contribution < -0.4 is 5.73 Å². The highest BCUT2D eigenvalue weighted by Crippen LogP contribution is 2.23. The summed E-state index contributed by atoms with van der Waals surface area (Å²) in [7, 11) is 0. The number of rotatable bonds is 1. The Labute approximate surface area is 96.3 Å². The number of hydrogen-bond acceptors (Lipinski definition) is 2. The van der Waals surface area contributed by atoms with Crippen LogP contribution in [-0.2, 0) is 4.79 Å². The number of carbonyl (C=O) groups excluding carboxylic acids is 1. The minimum absolute atomic E-state index is 0.152. The van der Waals surface area contributed by atoms with Gasteiger partial charge in [-0.05, 0) is 19.3 Å². The second kappa shape index (κ2) is 4.72. The van der Waals surface area contributed by atoms with Gasteiger partial charge in [0.1, 0.15) is 0 Å². The highest BCUT2D eigenvalue weighted by atomic mass is 16.2. The predicted molar refractivity (Wildman–Crippen MR) is 63.1 cm³/mol. The van der Waals surface area contributed by atoms with E-state index in [0.717, 1.165) is 32.6 Å². The van der Waals surface area contributed by atoms with Gasteiger partial charge >= 0.3 is 0 Å². The van der Waals surface area contributed by atoms with Crippen LogP contribution in [0.4, 0.5) is 0 Å². The molecule has 0 aromatic rings. The predicted octanol–water partition coefficient (Wildman–Crippen LogP) is 0.0177. The van der Waals surface area contributed by atoms with Crippen molar-refractivity contribution in [3.63, 3.8) is 0 Å². The lowest BCUT2D eigenvalue weighted by Crippen LogP contribution is -2.40. The number of nitrogens with zero attached hydrogens (tertiary/aromatic N) is 3. The molecular formula is C11H20N4O. The molecule has 0 spiro atoms. The van der Waals surface area contributed by atoms with Crippen LogP contribution in [0, 0.1) is 0 Å². The van der Waals surface area contributed by atoms with E-state index in [9.17, 15) is 4.79 Å². The Kier molecular flexibility index (Phi) is 3.31. The Morgan fingerprint density at radius 1 is 1.19 bits per heavy atom. The molecule has 16 heavy (non-hydrogen) atoms. The molecule has 5 nitrogen and oxygen atoms in total. The van der Waals surface area contributed by atoms with Gasteiger partial charge in [-0.3, -0.25) is 4.79 Å². The lowest BCUT2D eigenvalue weighted by atomic mass is 10.4. The van der Waals surface area contributed by atoms with Gasteiger partial charge in [-0.15, -0.1) is 0 Å². The SMILES string of the molecule is CC(=O)N1CCCN(C(N)=NC2CC2)CC1. The minimum Gasteiger partial charge on any atom is -0.370 e. The fourth-order valence-electron chi connectivity index (χ4n) is 1.93. The first-order chi connectivity index (χ1) is 7.66. The van der Waals surface area contributed by atoms with Crippen LogP contribution in [-0.4, -0.2) is 53.9 Å². The second-order valence-electron chi connectivity index (χ2n) is 4.57. The number of nitrogens with two attached hydrogens (primary N) is 1. The third kappa shape index (κ3) is 2.87. The number of carbonyl (C=O) groups is 1. The molecule has 0 radical (unpaired) electrons. The first-order valence-electron chi connectivity index (χ1n) is 6.00. The molecule has 0 unspecified atom stereocenters. The molecule has 0 atom stereocenters. The molecule has 1 aliphatic heterocycles. The molecule has 2 N–H and O–H groups in total. The first kappa shape index (κ1) is 11.2. The Balaban J connectivity index is 1.90. The van der Waals surface area contributed by atoms with Crippen molar-refractivity contribution in [2.75, 3.05) is 26.2 Å². The maximum absolute atomic E-state index is 11.3. The largest absolute Gasteiger partial charge is 0.370 e. The summed E-state index contributed by atoms with van der Waals surface area (Å²) in [5.74, 6) is 0.812. The van der Waals surface area contributed by atoms with E-state index in [-0.39, 0.29) is 5.91 Å². The molecule has 1 aliphatic carbocycles. The highest BCUT2D eigenvalue weighted by molar-refractivity contribution is 5.78. The Hall–Kier alpha value is -1.26. The van der Waals surface area contributed by atoms with E-state index in [0.29, 0.717) is 12.0 Å². The van der Waals surface area contributed by atoms with E-state index in [1.165, 1.54) is 12.8 Å². The lowest BCUT2D eigenvalue weighted by Gasteiger charge is -2.22. The quantitative estimate of drug-likeness (QED) is 0.504. The van der Waals surface area contributed by atoms with Crippen molar-refractivity contribution in [1.29, 1.82) is 0 Å². The number of aliphatic imine (C=N–C) groups is 1. The normalized spacial score (nSPS) is 23.2. The standard InChI is InChI=1S/C11H20N4O/c1-9(16)14-5-2-6-15(8-7-14)11(12)13-10-3-4-10/h10H,2-8H2,1H3,(H2,12,13). The fourth-order valence-corrected chi connectivity index (χ4v) is 1.93. The van der Waals surface area contributed by atoms with Crippen LogP contribution in [0.2, 0.25) is 0 Å². The molecule has 0 aromatic heterocycles. The van der Waals surface area contributed by atoms with E-state index in [1.807, 2.05) is 4.90 Å². The zero-order chi connectivity index (χ0) is 11.5. The van der Waals surface area contributed by atoms with Gasteiger partial charge in [-0.2, -0.15) is 0 Å². The van der Waals surface area contributed by atoms with Crippen molar-refractivity contribution in [2.24, 2.45) is 10.7 Å². The summed E-state index contributed by atoms with van der Waals surface area (Å²) >= 11 is 0. The maximum atomic E-state index is 11.3. The molecule has 1 saturated carbocycles. The van der Waals surface area contributed by atoms with Crippen molar-refractivity contribution in [2.45, 2.75) is 32.2 Å². The van der Waals surface area contributed by atoms with E-state index >= 15 is 0 Å². The van der Waals surface area contributed by atoms with E-state index in [1.54, 1.807) is 6.92 Å². The Bertz CT molecular complexity index is 298. The van der Waals surface area contributed by atoms with Gasteiger partial charge in [-0.25, -0.2) is 4.99 Å². The summed E-state index contributed by atoms with van der Waals surface area (Å²) < 4.78 is 0. The molecular weight excluding hydrogens is 204 g/mol. The van der Waals surface area contributed by atoms with Crippen molar-refractivity contribution in [1.82, 2.24) is 9.80 Å². The number of amides is 1. The second-order valence-corrected chi connectivity index (χ2v) is 4.57. The van der Waals surface area contributed by atoms with Gasteiger partial charge in [0.05, 0.1) is 6.04 Å². The van der Waals surface area contributed by atoms with Crippen molar-refractivity contribution in [3.05, 3.63) is 0 Å². The molecule has 1 saturated heterocycles. The molecule has 5 heteroatoms. The van der Waals surface area contributed by atoms with Crippen LogP contribution in [0.3, 0.4) is 0 Å². The van der Waals surface area contributed by atoms with Gasteiger partial charge in [0.25, 0.3) is 0 Å². The van der Waals surface area contributed by atoms with E-state index in [2.05, 4.69) is 9.89 Å². The minimum atomic E-state index is 0.152.